The zero-order valence-electron chi connectivity index (χ0n) is 14.2. The van der Waals surface area contributed by atoms with Crippen LogP contribution >= 0.6 is 0 Å². The van der Waals surface area contributed by atoms with Crippen molar-refractivity contribution in [3.63, 3.8) is 0 Å². The van der Waals surface area contributed by atoms with E-state index >= 15 is 0 Å². The number of pyridine rings is 1. The first-order valence-corrected chi connectivity index (χ1v) is 8.08. The quantitative estimate of drug-likeness (QED) is 0.580. The van der Waals surface area contributed by atoms with Crippen molar-refractivity contribution < 1.29 is 24.5 Å². The molecular weight excluding hydrogens is 347 g/mol. The van der Waals surface area contributed by atoms with E-state index in [2.05, 4.69) is 10.3 Å². The Hall–Kier alpha value is -3.55. The Morgan fingerprint density at radius 2 is 1.81 bits per heavy atom. The maximum atomic E-state index is 12.1. The Labute approximate surface area is 156 Å². The molecule has 27 heavy (non-hydrogen) atoms. The minimum Gasteiger partial charge on any atom is -0.505 e. The number of carbonyl (C=O) groups excluding carboxylic acids is 1. The summed E-state index contributed by atoms with van der Waals surface area (Å²) in [7, 11) is 5.75. The Morgan fingerprint density at radius 3 is 2.48 bits per heavy atom. The summed E-state index contributed by atoms with van der Waals surface area (Å²) in [5, 5.41) is 22.2. The van der Waals surface area contributed by atoms with Gasteiger partial charge in [0.25, 0.3) is 5.91 Å². The fourth-order valence-corrected chi connectivity index (χ4v) is 2.59. The molecule has 2 aromatic carbocycles. The molecule has 3 N–H and O–H groups in total. The molecule has 1 aromatic heterocycles. The van der Waals surface area contributed by atoms with Gasteiger partial charge in [0.1, 0.15) is 18.0 Å². The summed E-state index contributed by atoms with van der Waals surface area (Å²) in [4.78, 5) is 26.8. The number of hydrogen-bond donors (Lipinski definition) is 3. The molecule has 1 heterocycles. The summed E-state index contributed by atoms with van der Waals surface area (Å²) >= 11 is 0. The third-order valence-electron chi connectivity index (χ3n) is 3.82. The minimum absolute atomic E-state index is 0.0186. The number of rotatable bonds is 6. The molecule has 0 aliphatic carbocycles. The van der Waals surface area contributed by atoms with Gasteiger partial charge in [-0.25, -0.2) is 4.98 Å². The fraction of sp³-hybridized carbons (Fsp3) is 0.105. The van der Waals surface area contributed by atoms with E-state index in [1.54, 1.807) is 30.3 Å². The zero-order chi connectivity index (χ0) is 19.4. The van der Waals surface area contributed by atoms with Crippen molar-refractivity contribution in [1.82, 2.24) is 10.3 Å². The van der Waals surface area contributed by atoms with E-state index in [9.17, 15) is 14.7 Å². The molecular formula is C19H15BN2O5. The summed E-state index contributed by atoms with van der Waals surface area (Å²) in [6, 6.07) is 14.1. The number of aliphatic carboxylic acids is 1. The van der Waals surface area contributed by atoms with Crippen LogP contribution in [0.4, 0.5) is 0 Å². The summed E-state index contributed by atoms with van der Waals surface area (Å²) in [5.41, 5.74) is 0.0997. The van der Waals surface area contributed by atoms with E-state index in [0.29, 0.717) is 28.0 Å². The van der Waals surface area contributed by atoms with E-state index in [1.165, 1.54) is 0 Å². The predicted octanol–water partition coefficient (Wildman–Crippen LogP) is 2.22. The number of amides is 1. The van der Waals surface area contributed by atoms with Crippen molar-refractivity contribution in [1.29, 1.82) is 0 Å². The lowest BCUT2D eigenvalue weighted by Gasteiger charge is -2.13. The number of carboxylic acid groups (broad SMARTS) is 1. The van der Waals surface area contributed by atoms with E-state index in [1.807, 2.05) is 18.2 Å². The van der Waals surface area contributed by atoms with E-state index < -0.39 is 18.4 Å². The van der Waals surface area contributed by atoms with Gasteiger partial charge in [-0.05, 0) is 36.7 Å². The summed E-state index contributed by atoms with van der Waals surface area (Å²) in [6.07, 6.45) is 0.0186. The molecule has 0 saturated carbocycles. The van der Waals surface area contributed by atoms with Crippen LogP contribution in [-0.2, 0) is 11.1 Å². The van der Waals surface area contributed by atoms with Crippen LogP contribution in [0.1, 0.15) is 16.2 Å². The number of ether oxygens (including phenoxy) is 1. The highest BCUT2D eigenvalue weighted by atomic mass is 16.5. The lowest BCUT2D eigenvalue weighted by molar-refractivity contribution is -0.135. The van der Waals surface area contributed by atoms with Crippen LogP contribution in [0, 0.1) is 0 Å². The number of aromatic hydroxyl groups is 1. The topological polar surface area (TPSA) is 109 Å². The van der Waals surface area contributed by atoms with Crippen molar-refractivity contribution in [3.8, 4) is 17.2 Å². The Bertz CT molecular complexity index is 1010. The van der Waals surface area contributed by atoms with Crippen molar-refractivity contribution >= 4 is 30.5 Å². The first-order chi connectivity index (χ1) is 13.0. The van der Waals surface area contributed by atoms with E-state index in [0.717, 1.165) is 0 Å². The van der Waals surface area contributed by atoms with E-state index in [4.69, 9.17) is 17.7 Å². The molecule has 0 unspecified atom stereocenters. The van der Waals surface area contributed by atoms with Gasteiger partial charge < -0.3 is 20.3 Å². The third kappa shape index (κ3) is 4.00. The summed E-state index contributed by atoms with van der Waals surface area (Å²) in [6.45, 7) is -0.584. The molecule has 0 aliphatic rings. The summed E-state index contributed by atoms with van der Waals surface area (Å²) in [5.74, 6) is -1.18. The van der Waals surface area contributed by atoms with Crippen LogP contribution in [-0.4, -0.2) is 41.5 Å². The van der Waals surface area contributed by atoms with Crippen molar-refractivity contribution in [2.45, 2.75) is 6.32 Å². The number of carboxylic acids is 1. The zero-order valence-corrected chi connectivity index (χ0v) is 14.2. The van der Waals surface area contributed by atoms with Crippen molar-refractivity contribution in [3.05, 3.63) is 59.9 Å². The second kappa shape index (κ2) is 7.78. The molecule has 0 spiro atoms. The van der Waals surface area contributed by atoms with Gasteiger partial charge in [-0.15, -0.1) is 0 Å². The number of hydrogen-bond acceptors (Lipinski definition) is 5. The van der Waals surface area contributed by atoms with Gasteiger partial charge in [-0.2, -0.15) is 0 Å². The second-order valence-corrected chi connectivity index (χ2v) is 5.66. The van der Waals surface area contributed by atoms with Crippen LogP contribution in [0.15, 0.2) is 48.5 Å². The van der Waals surface area contributed by atoms with Crippen LogP contribution in [0.2, 0.25) is 0 Å². The molecule has 0 fully saturated rings. The predicted molar refractivity (Wildman–Crippen MR) is 99.4 cm³/mol. The minimum atomic E-state index is -1.20. The smallest absolute Gasteiger partial charge is 0.322 e. The largest absolute Gasteiger partial charge is 0.505 e. The first kappa shape index (κ1) is 18.3. The molecule has 8 heteroatoms. The SMILES string of the molecule is [B]Cc1nc(C(=O)NCC(=O)O)c(O)c2ccc(Oc3ccccc3)cc12. The molecule has 7 nitrogen and oxygen atoms in total. The first-order valence-electron chi connectivity index (χ1n) is 8.08. The highest BCUT2D eigenvalue weighted by Gasteiger charge is 2.19. The highest BCUT2D eigenvalue weighted by Crippen LogP contribution is 2.33. The number of para-hydroxylation sites is 1. The number of nitrogens with zero attached hydrogens (tertiary/aromatic N) is 1. The molecule has 1 amide bonds. The molecule has 0 atom stereocenters. The monoisotopic (exact) mass is 362 g/mol. The highest BCUT2D eigenvalue weighted by molar-refractivity contribution is 6.11. The van der Waals surface area contributed by atoms with Crippen LogP contribution in [0.5, 0.6) is 17.2 Å². The second-order valence-electron chi connectivity index (χ2n) is 5.66. The average Bonchev–Trinajstić information content (AvgIpc) is 2.67. The number of benzene rings is 2. The van der Waals surface area contributed by atoms with Gasteiger partial charge in [-0.3, -0.25) is 9.59 Å². The molecule has 0 saturated heterocycles. The molecule has 0 aliphatic heterocycles. The van der Waals surface area contributed by atoms with E-state index in [-0.39, 0.29) is 17.8 Å². The van der Waals surface area contributed by atoms with Gasteiger partial charge in [0.2, 0.25) is 0 Å². The summed E-state index contributed by atoms with van der Waals surface area (Å²) < 4.78 is 5.77. The Kier molecular flexibility index (Phi) is 5.26. The van der Waals surface area contributed by atoms with Crippen molar-refractivity contribution in [2.24, 2.45) is 0 Å². The van der Waals surface area contributed by atoms with Crippen molar-refractivity contribution in [2.75, 3.05) is 6.54 Å². The number of fused-ring (bicyclic) bond motifs is 1. The van der Waals surface area contributed by atoms with Crippen LogP contribution in [0.3, 0.4) is 0 Å². The van der Waals surface area contributed by atoms with Gasteiger partial charge in [-0.1, -0.05) is 18.2 Å². The van der Waals surface area contributed by atoms with Crippen LogP contribution in [0.25, 0.3) is 10.8 Å². The maximum absolute atomic E-state index is 12.1. The normalized spacial score (nSPS) is 10.5. The molecule has 3 rings (SSSR count). The van der Waals surface area contributed by atoms with Crippen LogP contribution < -0.4 is 10.1 Å². The fourth-order valence-electron chi connectivity index (χ4n) is 2.59. The average molecular weight is 362 g/mol. The lowest BCUT2D eigenvalue weighted by Crippen LogP contribution is -2.30. The lowest BCUT2D eigenvalue weighted by atomic mass is 9.96. The van der Waals surface area contributed by atoms with Gasteiger partial charge in [0.05, 0.1) is 7.85 Å². The molecule has 3 aromatic rings. The number of nitrogens with one attached hydrogen (secondary N) is 1. The maximum Gasteiger partial charge on any atom is 0.322 e. The van der Waals surface area contributed by atoms with Gasteiger partial charge in [0.15, 0.2) is 11.4 Å². The molecule has 134 valence electrons. The Morgan fingerprint density at radius 1 is 1.07 bits per heavy atom. The standard InChI is InChI=1S/C19H15BN2O5/c20-9-15-14-8-12(27-11-4-2-1-3-5-11)6-7-13(14)18(25)17(22-15)19(26)21-10-16(23)24/h1-8,25H,9-10H2,(H,21,26)(H,23,24). The molecule has 2 radical (unpaired) electrons. The Balaban J connectivity index is 2.01. The number of aromatic nitrogens is 1. The van der Waals surface area contributed by atoms with Gasteiger partial charge in [0, 0.05) is 16.5 Å². The number of carbonyl (C=O) groups is 2. The third-order valence-corrected chi connectivity index (χ3v) is 3.82. The van der Waals surface area contributed by atoms with Gasteiger partial charge >= 0.3 is 5.97 Å². The molecule has 0 bridgehead atoms.